The molecule has 2 aromatic carbocycles. The van der Waals surface area contributed by atoms with Crippen molar-refractivity contribution in [2.75, 3.05) is 11.6 Å². The number of aromatic nitrogens is 3. The monoisotopic (exact) mass is 440 g/mol. The Kier molecular flexibility index (Phi) is 6.19. The largest absolute Gasteiger partial charge is 0.461 e. The molecule has 0 atom stereocenters. The van der Waals surface area contributed by atoms with Gasteiger partial charge in [-0.15, -0.1) is 9.89 Å². The van der Waals surface area contributed by atoms with Crippen LogP contribution in [0.3, 0.4) is 0 Å². The van der Waals surface area contributed by atoms with Gasteiger partial charge in [-0.25, -0.2) is 4.79 Å². The Morgan fingerprint density at radius 2 is 1.78 bits per heavy atom. The molecule has 0 unspecified atom stereocenters. The first kappa shape index (κ1) is 22.0. The maximum absolute atomic E-state index is 12.6. The highest BCUT2D eigenvalue weighted by Gasteiger charge is 2.32. The smallest absolute Gasteiger partial charge is 0.361 e. The van der Waals surface area contributed by atoms with Crippen LogP contribution in [0, 0.1) is 20.2 Å². The van der Waals surface area contributed by atoms with Crippen molar-refractivity contribution >= 4 is 28.9 Å². The minimum Gasteiger partial charge on any atom is -0.461 e. The fourth-order valence-corrected chi connectivity index (χ4v) is 2.95. The van der Waals surface area contributed by atoms with Gasteiger partial charge in [0.25, 0.3) is 5.69 Å². The van der Waals surface area contributed by atoms with Crippen molar-refractivity contribution in [3.05, 3.63) is 74.5 Å². The van der Waals surface area contributed by atoms with Gasteiger partial charge in [0, 0.05) is 18.6 Å². The predicted octanol–water partition coefficient (Wildman–Crippen LogP) is 2.75. The molecule has 0 spiro atoms. The molecule has 0 N–H and O–H groups in total. The van der Waals surface area contributed by atoms with Gasteiger partial charge in [0.1, 0.15) is 11.4 Å². The first-order valence-corrected chi connectivity index (χ1v) is 9.18. The van der Waals surface area contributed by atoms with E-state index >= 15 is 0 Å². The number of carbonyl (C=O) groups excluding carboxylic acids is 2. The van der Waals surface area contributed by atoms with Crippen LogP contribution in [-0.2, 0) is 9.53 Å². The zero-order valence-corrected chi connectivity index (χ0v) is 16.9. The minimum absolute atomic E-state index is 0.0481. The number of esters is 1. The first-order valence-electron chi connectivity index (χ1n) is 9.18. The highest BCUT2D eigenvalue weighted by Crippen LogP contribution is 2.34. The molecule has 0 saturated carbocycles. The molecule has 1 heterocycles. The van der Waals surface area contributed by atoms with Crippen LogP contribution >= 0.6 is 0 Å². The molecule has 0 radical (unpaired) electrons. The Morgan fingerprint density at radius 1 is 1.09 bits per heavy atom. The van der Waals surface area contributed by atoms with E-state index < -0.39 is 33.1 Å². The summed E-state index contributed by atoms with van der Waals surface area (Å²) in [6, 6.07) is 11.1. The molecule has 13 nitrogen and oxygen atoms in total. The summed E-state index contributed by atoms with van der Waals surface area (Å²) in [6.07, 6.45) is 0. The van der Waals surface area contributed by atoms with E-state index in [9.17, 15) is 29.8 Å². The molecular formula is C19H16N6O7. The summed E-state index contributed by atoms with van der Waals surface area (Å²) in [5.74, 6) is -1.53. The lowest BCUT2D eigenvalue weighted by atomic mass is 10.1. The number of hydrogen-bond acceptors (Lipinski definition) is 9. The lowest BCUT2D eigenvalue weighted by Crippen LogP contribution is -2.36. The van der Waals surface area contributed by atoms with E-state index in [-0.39, 0.29) is 23.7 Å². The number of nitrogens with zero attached hydrogens (tertiary/aromatic N) is 6. The lowest BCUT2D eigenvalue weighted by molar-refractivity contribution is -0.393. The van der Waals surface area contributed by atoms with Crippen LogP contribution in [0.15, 0.2) is 48.5 Å². The zero-order valence-electron chi connectivity index (χ0n) is 16.9. The molecule has 0 aliphatic rings. The number of rotatable bonds is 7. The summed E-state index contributed by atoms with van der Waals surface area (Å²) >= 11 is 0. The van der Waals surface area contributed by atoms with Crippen molar-refractivity contribution in [2.24, 2.45) is 0 Å². The van der Waals surface area contributed by atoms with E-state index in [4.69, 9.17) is 4.74 Å². The second-order valence-electron chi connectivity index (χ2n) is 6.28. The highest BCUT2D eigenvalue weighted by atomic mass is 16.6. The Hall–Kier alpha value is -4.68. The van der Waals surface area contributed by atoms with Crippen LogP contribution in [0.5, 0.6) is 0 Å². The van der Waals surface area contributed by atoms with Crippen LogP contribution in [0.1, 0.15) is 24.3 Å². The summed E-state index contributed by atoms with van der Waals surface area (Å²) in [7, 11) is 0. The van der Waals surface area contributed by atoms with Crippen molar-refractivity contribution in [1.82, 2.24) is 15.1 Å². The van der Waals surface area contributed by atoms with Gasteiger partial charge in [-0.1, -0.05) is 30.3 Å². The number of ether oxygens (including phenoxy) is 1. The second kappa shape index (κ2) is 8.99. The Balaban J connectivity index is 2.29. The van der Waals surface area contributed by atoms with Crippen LogP contribution in [0.2, 0.25) is 0 Å². The predicted molar refractivity (Wildman–Crippen MR) is 110 cm³/mol. The number of anilines is 1. The number of carbonyl (C=O) groups is 2. The molecule has 3 rings (SSSR count). The third kappa shape index (κ3) is 4.12. The van der Waals surface area contributed by atoms with Crippen LogP contribution < -0.4 is 5.01 Å². The molecule has 0 aliphatic carbocycles. The maximum Gasteiger partial charge on any atom is 0.361 e. The quantitative estimate of drug-likeness (QED) is 0.305. The van der Waals surface area contributed by atoms with Crippen molar-refractivity contribution in [1.29, 1.82) is 0 Å². The summed E-state index contributed by atoms with van der Waals surface area (Å²) in [6.45, 7) is 2.78. The van der Waals surface area contributed by atoms with Gasteiger partial charge in [0.05, 0.1) is 22.5 Å². The first-order chi connectivity index (χ1) is 15.3. The fraction of sp³-hybridized carbons (Fsp3) is 0.158. The molecule has 32 heavy (non-hydrogen) atoms. The lowest BCUT2D eigenvalue weighted by Gasteiger charge is -2.22. The van der Waals surface area contributed by atoms with Crippen molar-refractivity contribution < 1.29 is 24.2 Å². The van der Waals surface area contributed by atoms with Crippen molar-refractivity contribution in [3.63, 3.8) is 0 Å². The van der Waals surface area contributed by atoms with E-state index in [0.29, 0.717) is 5.56 Å². The van der Waals surface area contributed by atoms with Gasteiger partial charge >= 0.3 is 11.7 Å². The van der Waals surface area contributed by atoms with Gasteiger partial charge in [0.15, 0.2) is 0 Å². The Labute approximate surface area is 180 Å². The zero-order chi connectivity index (χ0) is 23.4. The number of nitro benzene ring substituents is 2. The van der Waals surface area contributed by atoms with E-state index in [1.165, 1.54) is 0 Å². The number of nitro groups is 2. The molecule has 0 saturated heterocycles. The maximum atomic E-state index is 12.6. The summed E-state index contributed by atoms with van der Waals surface area (Å²) < 4.78 is 5.01. The second-order valence-corrected chi connectivity index (χ2v) is 6.28. The average Bonchev–Trinajstić information content (AvgIpc) is 3.19. The molecule has 0 aliphatic heterocycles. The number of amides is 1. The van der Waals surface area contributed by atoms with E-state index in [2.05, 4.69) is 10.3 Å². The number of hydrogen-bond donors (Lipinski definition) is 0. The number of benzene rings is 2. The van der Waals surface area contributed by atoms with E-state index in [1.54, 1.807) is 37.3 Å². The van der Waals surface area contributed by atoms with Crippen LogP contribution in [-0.4, -0.2) is 43.4 Å². The molecule has 0 bridgehead atoms. The molecule has 0 fully saturated rings. The number of non-ortho nitro benzene ring substituents is 1. The van der Waals surface area contributed by atoms with Crippen LogP contribution in [0.4, 0.5) is 17.1 Å². The van der Waals surface area contributed by atoms with Crippen LogP contribution in [0.25, 0.3) is 11.3 Å². The van der Waals surface area contributed by atoms with Gasteiger partial charge in [-0.3, -0.25) is 25.0 Å². The fourth-order valence-electron chi connectivity index (χ4n) is 2.95. The molecule has 3 aromatic rings. The molecule has 1 amide bonds. The van der Waals surface area contributed by atoms with Gasteiger partial charge < -0.3 is 4.74 Å². The topological polar surface area (TPSA) is 164 Å². The van der Waals surface area contributed by atoms with Crippen molar-refractivity contribution in [2.45, 2.75) is 13.8 Å². The normalized spacial score (nSPS) is 10.4. The van der Waals surface area contributed by atoms with E-state index in [0.717, 1.165) is 34.9 Å². The standard InChI is InChI=1S/C19H16N6O7/c1-3-32-19(27)17-18(13-7-5-4-6-8-13)23(21-20-17)22(12(2)26)15-10-9-14(24(28)29)11-16(15)25(30)31/h4-11H,3H2,1-2H3. The molecule has 164 valence electrons. The van der Waals surface area contributed by atoms with Gasteiger partial charge in [-0.05, 0) is 18.2 Å². The summed E-state index contributed by atoms with van der Waals surface area (Å²) in [5, 5.41) is 31.2. The SMILES string of the molecule is CCOC(=O)c1nnn(N(C(C)=O)c2ccc([N+](=O)[O-])cc2[N+](=O)[O-])c1-c1ccccc1. The third-order valence-electron chi connectivity index (χ3n) is 4.25. The highest BCUT2D eigenvalue weighted by molar-refractivity contribution is 5.97. The van der Waals surface area contributed by atoms with Crippen molar-refractivity contribution in [3.8, 4) is 11.3 Å². The third-order valence-corrected chi connectivity index (χ3v) is 4.25. The molecule has 13 heteroatoms. The summed E-state index contributed by atoms with van der Waals surface area (Å²) in [4.78, 5) is 47.0. The summed E-state index contributed by atoms with van der Waals surface area (Å²) in [5.41, 5.74) is -1.28. The van der Waals surface area contributed by atoms with Gasteiger partial charge in [-0.2, -0.15) is 5.01 Å². The molecule has 1 aromatic heterocycles. The molecular weight excluding hydrogens is 424 g/mol. The Morgan fingerprint density at radius 3 is 2.34 bits per heavy atom. The minimum atomic E-state index is -0.857. The van der Waals surface area contributed by atoms with E-state index in [1.807, 2.05) is 0 Å². The Bertz CT molecular complexity index is 1210. The average molecular weight is 440 g/mol. The van der Waals surface area contributed by atoms with Gasteiger partial charge in [0.2, 0.25) is 11.6 Å².